The zero-order valence-corrected chi connectivity index (χ0v) is 15.1. The Hall–Kier alpha value is 0.787. The number of ether oxygens (including phenoxy) is 1. The van der Waals surface area contributed by atoms with Gasteiger partial charge in [-0.25, -0.2) is 0 Å². The van der Waals surface area contributed by atoms with E-state index in [2.05, 4.69) is 56.5 Å². The van der Waals surface area contributed by atoms with Crippen LogP contribution in [0.5, 0.6) is 0 Å². The predicted octanol–water partition coefficient (Wildman–Crippen LogP) is 2.28. The van der Waals surface area contributed by atoms with E-state index in [-0.39, 0.29) is 15.1 Å². The van der Waals surface area contributed by atoms with Gasteiger partial charge in [-0.05, 0) is 25.1 Å². The maximum atomic E-state index is 10.2. The largest absolute Gasteiger partial charge is 0.410 e. The average molecular weight is 388 g/mol. The van der Waals surface area contributed by atoms with Gasteiger partial charge in [0.25, 0.3) is 0 Å². The van der Waals surface area contributed by atoms with Crippen LogP contribution in [0.2, 0.25) is 18.1 Å². The molecule has 0 bridgehead atoms. The molecule has 0 radical (unpaired) electrons. The van der Waals surface area contributed by atoms with Crippen molar-refractivity contribution in [1.82, 2.24) is 0 Å². The third kappa shape index (κ3) is 3.46. The highest BCUT2D eigenvalue weighted by molar-refractivity contribution is 14.1. The summed E-state index contributed by atoms with van der Waals surface area (Å²) in [7, 11) is -1.97. The van der Waals surface area contributed by atoms with Gasteiger partial charge >= 0.3 is 0 Å². The fourth-order valence-electron chi connectivity index (χ4n) is 1.64. The molecule has 2 N–H and O–H groups in total. The lowest BCUT2D eigenvalue weighted by atomic mass is 10.0. The van der Waals surface area contributed by atoms with Gasteiger partial charge in [0, 0.05) is 0 Å². The molecule has 1 rings (SSSR count). The van der Waals surface area contributed by atoms with Crippen molar-refractivity contribution in [3.8, 4) is 0 Å². The fourth-order valence-corrected chi connectivity index (χ4v) is 3.98. The number of hydrogen-bond acceptors (Lipinski definition) is 4. The SMILES string of the molecule is C[C@@H]1O[C@@H](O)[C@H](I)[C@H](O[Si](C)(C)C(C)(C)C)[C@H]1O. The van der Waals surface area contributed by atoms with Crippen molar-refractivity contribution in [3.05, 3.63) is 0 Å². The number of alkyl halides is 1. The topological polar surface area (TPSA) is 58.9 Å². The lowest BCUT2D eigenvalue weighted by Crippen LogP contribution is -2.59. The molecule has 1 heterocycles. The van der Waals surface area contributed by atoms with E-state index < -0.39 is 26.8 Å². The fraction of sp³-hybridized carbons (Fsp3) is 1.00. The standard InChI is InChI=1S/C12H25IO4Si/c1-7-9(14)10(8(13)11(15)16-7)17-18(5,6)12(2,3)4/h7-11,14-15H,1-6H3/t7-,8+,9-,10-,11+/m0/s1. The second-order valence-electron chi connectivity index (χ2n) is 6.51. The summed E-state index contributed by atoms with van der Waals surface area (Å²) in [6.45, 7) is 12.5. The molecule has 1 aliphatic heterocycles. The van der Waals surface area contributed by atoms with Gasteiger partial charge in [0.2, 0.25) is 0 Å². The van der Waals surface area contributed by atoms with Crippen LogP contribution in [-0.2, 0) is 9.16 Å². The van der Waals surface area contributed by atoms with Crippen molar-refractivity contribution in [1.29, 1.82) is 0 Å². The van der Waals surface area contributed by atoms with Gasteiger partial charge in [0.1, 0.15) is 6.10 Å². The highest BCUT2D eigenvalue weighted by Gasteiger charge is 2.47. The second-order valence-corrected chi connectivity index (χ2v) is 12.7. The first-order chi connectivity index (χ1) is 7.97. The average Bonchev–Trinajstić information content (AvgIpc) is 2.20. The Kier molecular flexibility index (Phi) is 5.29. The van der Waals surface area contributed by atoms with Gasteiger partial charge < -0.3 is 19.4 Å². The van der Waals surface area contributed by atoms with Crippen LogP contribution < -0.4 is 0 Å². The molecule has 1 saturated heterocycles. The second kappa shape index (κ2) is 5.65. The molecule has 0 amide bonds. The zero-order chi connectivity index (χ0) is 14.3. The molecule has 0 unspecified atom stereocenters. The van der Waals surface area contributed by atoms with Crippen LogP contribution in [0.15, 0.2) is 0 Å². The minimum atomic E-state index is -1.97. The molecule has 18 heavy (non-hydrogen) atoms. The van der Waals surface area contributed by atoms with Crippen LogP contribution in [-0.4, -0.2) is 47.1 Å². The van der Waals surface area contributed by atoms with E-state index in [1.165, 1.54) is 0 Å². The van der Waals surface area contributed by atoms with Crippen LogP contribution in [0.1, 0.15) is 27.7 Å². The summed E-state index contributed by atoms with van der Waals surface area (Å²) in [5.41, 5.74) is 0. The molecular weight excluding hydrogens is 363 g/mol. The van der Waals surface area contributed by atoms with Crippen LogP contribution in [0, 0.1) is 0 Å². The molecule has 1 fully saturated rings. The Labute approximate surface area is 124 Å². The third-order valence-corrected chi connectivity index (χ3v) is 9.79. The molecule has 1 aliphatic rings. The Bertz CT molecular complexity index is 278. The molecule has 5 atom stereocenters. The molecule has 0 aromatic rings. The van der Waals surface area contributed by atoms with Crippen molar-refractivity contribution >= 4 is 30.9 Å². The van der Waals surface area contributed by atoms with Gasteiger partial charge in [-0.15, -0.1) is 0 Å². The summed E-state index contributed by atoms with van der Waals surface area (Å²) in [4.78, 5) is 0. The lowest BCUT2D eigenvalue weighted by Gasteiger charge is -2.46. The molecule has 0 aromatic heterocycles. The summed E-state index contributed by atoms with van der Waals surface area (Å²) in [5.74, 6) is 0. The summed E-state index contributed by atoms with van der Waals surface area (Å²) in [6, 6.07) is 0. The summed E-state index contributed by atoms with van der Waals surface area (Å²) >= 11 is 2.10. The Morgan fingerprint density at radius 3 is 2.17 bits per heavy atom. The summed E-state index contributed by atoms with van der Waals surface area (Å²) < 4.78 is 11.3. The van der Waals surface area contributed by atoms with E-state index in [0.29, 0.717) is 0 Å². The molecule has 0 aliphatic carbocycles. The van der Waals surface area contributed by atoms with E-state index >= 15 is 0 Å². The number of hydrogen-bond donors (Lipinski definition) is 2. The Morgan fingerprint density at radius 2 is 1.72 bits per heavy atom. The van der Waals surface area contributed by atoms with E-state index in [4.69, 9.17) is 9.16 Å². The van der Waals surface area contributed by atoms with Crippen molar-refractivity contribution in [3.63, 3.8) is 0 Å². The molecular formula is C12H25IO4Si. The molecule has 4 nitrogen and oxygen atoms in total. The molecule has 0 spiro atoms. The van der Waals surface area contributed by atoms with Crippen molar-refractivity contribution in [2.24, 2.45) is 0 Å². The minimum absolute atomic E-state index is 0.0789. The van der Waals surface area contributed by atoms with Gasteiger partial charge in [0.15, 0.2) is 14.6 Å². The van der Waals surface area contributed by atoms with Crippen molar-refractivity contribution < 1.29 is 19.4 Å². The first-order valence-corrected chi connectivity index (χ1v) is 10.5. The highest BCUT2D eigenvalue weighted by Crippen LogP contribution is 2.40. The summed E-state index contributed by atoms with van der Waals surface area (Å²) in [5, 5.41) is 20.1. The Balaban J connectivity index is 2.87. The van der Waals surface area contributed by atoms with E-state index in [1.807, 2.05) is 0 Å². The smallest absolute Gasteiger partial charge is 0.192 e. The van der Waals surface area contributed by atoms with Crippen molar-refractivity contribution in [2.75, 3.05) is 0 Å². The lowest BCUT2D eigenvalue weighted by molar-refractivity contribution is -0.215. The van der Waals surface area contributed by atoms with E-state index in [1.54, 1.807) is 6.92 Å². The van der Waals surface area contributed by atoms with Crippen molar-refractivity contribution in [2.45, 2.75) is 74.4 Å². The van der Waals surface area contributed by atoms with Gasteiger partial charge in [-0.2, -0.15) is 0 Å². The number of halogens is 1. The van der Waals surface area contributed by atoms with Crippen LogP contribution in [0.4, 0.5) is 0 Å². The van der Waals surface area contributed by atoms with E-state index in [0.717, 1.165) is 0 Å². The quantitative estimate of drug-likeness (QED) is 0.433. The first-order valence-electron chi connectivity index (χ1n) is 6.31. The van der Waals surface area contributed by atoms with Gasteiger partial charge in [-0.3, -0.25) is 0 Å². The zero-order valence-electron chi connectivity index (χ0n) is 12.0. The van der Waals surface area contributed by atoms with Gasteiger partial charge in [0.05, 0.1) is 16.1 Å². The highest BCUT2D eigenvalue weighted by atomic mass is 127. The maximum Gasteiger partial charge on any atom is 0.192 e. The molecule has 0 aromatic carbocycles. The van der Waals surface area contributed by atoms with E-state index in [9.17, 15) is 10.2 Å². The monoisotopic (exact) mass is 388 g/mol. The summed E-state index contributed by atoms with van der Waals surface area (Å²) in [6.07, 6.45) is -2.34. The minimum Gasteiger partial charge on any atom is -0.410 e. The number of rotatable bonds is 2. The molecule has 108 valence electrons. The van der Waals surface area contributed by atoms with Crippen LogP contribution in [0.3, 0.4) is 0 Å². The normalized spacial score (nSPS) is 38.8. The van der Waals surface area contributed by atoms with Crippen LogP contribution >= 0.6 is 22.6 Å². The van der Waals surface area contributed by atoms with Gasteiger partial charge in [-0.1, -0.05) is 43.4 Å². The maximum absolute atomic E-state index is 10.2. The first kappa shape index (κ1) is 16.8. The third-order valence-electron chi connectivity index (χ3n) is 3.99. The van der Waals surface area contributed by atoms with Crippen LogP contribution in [0.25, 0.3) is 0 Å². The number of aliphatic hydroxyl groups is 2. The molecule has 6 heteroatoms. The Morgan fingerprint density at radius 1 is 1.22 bits per heavy atom. The molecule has 0 saturated carbocycles. The number of aliphatic hydroxyl groups excluding tert-OH is 2. The predicted molar refractivity (Wildman–Crippen MR) is 82.4 cm³/mol.